The quantitative estimate of drug-likeness (QED) is 0.644. The van der Waals surface area contributed by atoms with Gasteiger partial charge in [0.1, 0.15) is 5.60 Å². The minimum atomic E-state index is -0.967. The lowest BCUT2D eigenvalue weighted by Crippen LogP contribution is -2.33. The molecule has 3 aromatic rings. The standard InChI is InChI=1S/C21H25N5O2/c1-14-9-16(25-20-22-8-5-15(2)24-20)11-17(10-14)26-12-19(23-13-26)21(28)6-3-18(27)4-7-21/h5,8-13,18,27-28H,3-4,6-7H2,1-2H3,(H,22,24,25). The van der Waals surface area contributed by atoms with Crippen molar-refractivity contribution >= 4 is 11.6 Å². The molecule has 7 nitrogen and oxygen atoms in total. The highest BCUT2D eigenvalue weighted by molar-refractivity contribution is 5.59. The van der Waals surface area contributed by atoms with Crippen molar-refractivity contribution in [2.45, 2.75) is 51.2 Å². The van der Waals surface area contributed by atoms with E-state index in [1.807, 2.05) is 42.8 Å². The van der Waals surface area contributed by atoms with Crippen LogP contribution >= 0.6 is 0 Å². The molecule has 0 atom stereocenters. The molecule has 1 aromatic carbocycles. The normalized spacial score (nSPS) is 22.2. The molecule has 0 spiro atoms. The topological polar surface area (TPSA) is 96.1 Å². The molecule has 146 valence electrons. The summed E-state index contributed by atoms with van der Waals surface area (Å²) in [6.45, 7) is 3.95. The highest BCUT2D eigenvalue weighted by Crippen LogP contribution is 2.36. The molecule has 0 radical (unpaired) electrons. The number of aryl methyl sites for hydroxylation is 2. The Balaban J connectivity index is 1.60. The molecule has 0 unspecified atom stereocenters. The van der Waals surface area contributed by atoms with E-state index in [-0.39, 0.29) is 6.10 Å². The van der Waals surface area contributed by atoms with Crippen LogP contribution < -0.4 is 5.32 Å². The second kappa shape index (κ2) is 7.33. The Morgan fingerprint density at radius 3 is 2.68 bits per heavy atom. The van der Waals surface area contributed by atoms with Crippen LogP contribution in [0.25, 0.3) is 5.69 Å². The number of anilines is 2. The maximum Gasteiger partial charge on any atom is 0.227 e. The van der Waals surface area contributed by atoms with Gasteiger partial charge in [0.15, 0.2) is 0 Å². The van der Waals surface area contributed by atoms with E-state index >= 15 is 0 Å². The third-order valence-electron chi connectivity index (χ3n) is 5.25. The minimum absolute atomic E-state index is 0.323. The third-order valence-corrected chi connectivity index (χ3v) is 5.25. The lowest BCUT2D eigenvalue weighted by atomic mass is 9.81. The van der Waals surface area contributed by atoms with E-state index in [1.165, 1.54) is 0 Å². The molecular weight excluding hydrogens is 354 g/mol. The summed E-state index contributed by atoms with van der Waals surface area (Å²) in [7, 11) is 0. The first-order chi connectivity index (χ1) is 13.4. The summed E-state index contributed by atoms with van der Waals surface area (Å²) in [5, 5.41) is 23.9. The zero-order chi connectivity index (χ0) is 19.7. The zero-order valence-corrected chi connectivity index (χ0v) is 16.1. The van der Waals surface area contributed by atoms with Gasteiger partial charge in [0.2, 0.25) is 5.95 Å². The van der Waals surface area contributed by atoms with Crippen LogP contribution in [0.5, 0.6) is 0 Å². The fraction of sp³-hybridized carbons (Fsp3) is 0.381. The van der Waals surface area contributed by atoms with Gasteiger partial charge in [0.05, 0.1) is 18.1 Å². The Morgan fingerprint density at radius 2 is 1.93 bits per heavy atom. The molecule has 0 bridgehead atoms. The molecule has 1 aliphatic carbocycles. The van der Waals surface area contributed by atoms with Crippen LogP contribution in [0.4, 0.5) is 11.6 Å². The molecule has 4 rings (SSSR count). The number of rotatable bonds is 4. The Morgan fingerprint density at radius 1 is 1.14 bits per heavy atom. The fourth-order valence-corrected chi connectivity index (χ4v) is 3.66. The first kappa shape index (κ1) is 18.6. The van der Waals surface area contributed by atoms with Crippen molar-refractivity contribution in [1.29, 1.82) is 0 Å². The molecule has 0 amide bonds. The Bertz CT molecular complexity index is 976. The Hall–Kier alpha value is -2.77. The smallest absolute Gasteiger partial charge is 0.227 e. The van der Waals surface area contributed by atoms with Gasteiger partial charge in [-0.1, -0.05) is 0 Å². The largest absolute Gasteiger partial charge is 0.393 e. The first-order valence-corrected chi connectivity index (χ1v) is 9.55. The molecule has 0 aliphatic heterocycles. The van der Waals surface area contributed by atoms with Crippen LogP contribution in [0.3, 0.4) is 0 Å². The first-order valence-electron chi connectivity index (χ1n) is 9.55. The number of benzene rings is 1. The molecule has 2 heterocycles. The van der Waals surface area contributed by atoms with Crippen LogP contribution in [-0.4, -0.2) is 35.8 Å². The highest BCUT2D eigenvalue weighted by atomic mass is 16.3. The summed E-state index contributed by atoms with van der Waals surface area (Å²) in [6, 6.07) is 7.94. The van der Waals surface area contributed by atoms with E-state index in [2.05, 4.69) is 26.3 Å². The van der Waals surface area contributed by atoms with Crippen LogP contribution in [0, 0.1) is 13.8 Å². The Labute approximate surface area is 164 Å². The summed E-state index contributed by atoms with van der Waals surface area (Å²) >= 11 is 0. The molecular formula is C21H25N5O2. The van der Waals surface area contributed by atoms with Crippen LogP contribution in [0.1, 0.15) is 42.6 Å². The number of nitrogens with one attached hydrogen (secondary N) is 1. The van der Waals surface area contributed by atoms with Crippen LogP contribution in [0.15, 0.2) is 43.0 Å². The molecule has 1 aliphatic rings. The van der Waals surface area contributed by atoms with E-state index in [9.17, 15) is 10.2 Å². The van der Waals surface area contributed by atoms with Gasteiger partial charge in [-0.3, -0.25) is 0 Å². The molecule has 1 fully saturated rings. The predicted octanol–water partition coefficient (Wildman–Crippen LogP) is 3.15. The maximum atomic E-state index is 10.9. The maximum absolute atomic E-state index is 10.9. The third kappa shape index (κ3) is 3.90. The van der Waals surface area contributed by atoms with Gasteiger partial charge in [-0.15, -0.1) is 0 Å². The lowest BCUT2D eigenvalue weighted by Gasteiger charge is -2.32. The summed E-state index contributed by atoms with van der Waals surface area (Å²) in [5.41, 5.74) is 3.49. The van der Waals surface area contributed by atoms with Gasteiger partial charge >= 0.3 is 0 Å². The minimum Gasteiger partial charge on any atom is -0.393 e. The van der Waals surface area contributed by atoms with E-state index in [0.717, 1.165) is 22.6 Å². The van der Waals surface area contributed by atoms with Crippen LogP contribution in [0.2, 0.25) is 0 Å². The van der Waals surface area contributed by atoms with Crippen LogP contribution in [-0.2, 0) is 5.60 Å². The number of imidazole rings is 1. The van der Waals surface area contributed by atoms with Crippen molar-refractivity contribution in [3.05, 3.63) is 59.9 Å². The van der Waals surface area contributed by atoms with Crippen molar-refractivity contribution in [3.63, 3.8) is 0 Å². The number of hydrogen-bond acceptors (Lipinski definition) is 6. The predicted molar refractivity (Wildman–Crippen MR) is 107 cm³/mol. The van der Waals surface area contributed by atoms with E-state index < -0.39 is 5.60 Å². The average Bonchev–Trinajstić information content (AvgIpc) is 3.15. The summed E-state index contributed by atoms with van der Waals surface area (Å²) in [4.78, 5) is 13.1. The molecule has 28 heavy (non-hydrogen) atoms. The Kier molecular flexibility index (Phi) is 4.87. The van der Waals surface area contributed by atoms with Crippen molar-refractivity contribution in [3.8, 4) is 5.69 Å². The summed E-state index contributed by atoms with van der Waals surface area (Å²) < 4.78 is 1.91. The monoisotopic (exact) mass is 379 g/mol. The van der Waals surface area contributed by atoms with Crippen molar-refractivity contribution in [1.82, 2.24) is 19.5 Å². The average molecular weight is 379 g/mol. The molecule has 1 saturated carbocycles. The number of nitrogens with zero attached hydrogens (tertiary/aromatic N) is 4. The number of hydrogen-bond donors (Lipinski definition) is 3. The SMILES string of the molecule is Cc1cc(Nc2nccc(C)n2)cc(-n2cnc(C3(O)CCC(O)CC3)c2)c1. The van der Waals surface area contributed by atoms with Gasteiger partial charge in [-0.05, 0) is 69.4 Å². The van der Waals surface area contributed by atoms with Gasteiger partial charge in [-0.2, -0.15) is 0 Å². The van der Waals surface area contributed by atoms with Gasteiger partial charge in [0, 0.05) is 29.5 Å². The lowest BCUT2D eigenvalue weighted by molar-refractivity contribution is -0.0389. The summed E-state index contributed by atoms with van der Waals surface area (Å²) in [5.74, 6) is 0.554. The fourth-order valence-electron chi connectivity index (χ4n) is 3.66. The van der Waals surface area contributed by atoms with Crippen molar-refractivity contribution in [2.24, 2.45) is 0 Å². The number of aromatic nitrogens is 4. The molecule has 7 heteroatoms. The number of aliphatic hydroxyl groups is 2. The van der Waals surface area contributed by atoms with Gasteiger partial charge < -0.3 is 20.1 Å². The van der Waals surface area contributed by atoms with E-state index in [1.54, 1.807) is 12.5 Å². The van der Waals surface area contributed by atoms with Gasteiger partial charge in [0.25, 0.3) is 0 Å². The highest BCUT2D eigenvalue weighted by Gasteiger charge is 2.36. The van der Waals surface area contributed by atoms with Crippen molar-refractivity contribution in [2.75, 3.05) is 5.32 Å². The van der Waals surface area contributed by atoms with Gasteiger partial charge in [-0.25, -0.2) is 15.0 Å². The molecule has 2 aromatic heterocycles. The second-order valence-corrected chi connectivity index (χ2v) is 7.63. The van der Waals surface area contributed by atoms with E-state index in [0.29, 0.717) is 37.3 Å². The van der Waals surface area contributed by atoms with E-state index in [4.69, 9.17) is 0 Å². The zero-order valence-electron chi connectivity index (χ0n) is 16.1. The number of aliphatic hydroxyl groups excluding tert-OH is 1. The molecule has 0 saturated heterocycles. The molecule has 3 N–H and O–H groups in total. The van der Waals surface area contributed by atoms with Crippen molar-refractivity contribution < 1.29 is 10.2 Å². The second-order valence-electron chi connectivity index (χ2n) is 7.63. The summed E-state index contributed by atoms with van der Waals surface area (Å²) in [6.07, 6.45) is 7.24.